The van der Waals surface area contributed by atoms with Crippen molar-refractivity contribution in [3.63, 3.8) is 0 Å². The monoisotopic (exact) mass is 347 g/mol. The number of nitrogens with zero attached hydrogens (tertiary/aromatic N) is 1. The molecule has 1 N–H and O–H groups in total. The van der Waals surface area contributed by atoms with E-state index in [9.17, 15) is 5.11 Å². The molecule has 138 valence electrons. The van der Waals surface area contributed by atoms with Crippen molar-refractivity contribution in [2.75, 3.05) is 33.4 Å². The lowest BCUT2D eigenvalue weighted by Gasteiger charge is -2.25. The van der Waals surface area contributed by atoms with Crippen LogP contribution in [0.15, 0.2) is 47.1 Å². The molecule has 0 amide bonds. The number of hydrogen-bond acceptors (Lipinski definition) is 5. The third-order valence-corrected chi connectivity index (χ3v) is 3.95. The van der Waals surface area contributed by atoms with E-state index >= 15 is 0 Å². The van der Waals surface area contributed by atoms with Gasteiger partial charge in [0.2, 0.25) is 0 Å². The Balaban J connectivity index is 1.79. The van der Waals surface area contributed by atoms with Gasteiger partial charge in [-0.05, 0) is 31.0 Å². The van der Waals surface area contributed by atoms with E-state index in [4.69, 9.17) is 13.9 Å². The molecule has 1 aromatic heterocycles. The lowest BCUT2D eigenvalue weighted by atomic mass is 10.1. The van der Waals surface area contributed by atoms with Crippen molar-refractivity contribution in [2.45, 2.75) is 32.6 Å². The van der Waals surface area contributed by atoms with Crippen LogP contribution in [0.4, 0.5) is 0 Å². The van der Waals surface area contributed by atoms with Crippen molar-refractivity contribution in [3.05, 3.63) is 59.5 Å². The Hall–Kier alpha value is -1.66. The molecule has 0 radical (unpaired) electrons. The van der Waals surface area contributed by atoms with Crippen LogP contribution in [0.2, 0.25) is 0 Å². The van der Waals surface area contributed by atoms with Gasteiger partial charge in [-0.3, -0.25) is 4.90 Å². The predicted molar refractivity (Wildman–Crippen MR) is 97.3 cm³/mol. The second kappa shape index (κ2) is 11.1. The van der Waals surface area contributed by atoms with Gasteiger partial charge in [0, 0.05) is 33.4 Å². The Labute approximate surface area is 150 Å². The summed E-state index contributed by atoms with van der Waals surface area (Å²) < 4.78 is 15.9. The van der Waals surface area contributed by atoms with Crippen molar-refractivity contribution in [1.82, 2.24) is 4.90 Å². The summed E-state index contributed by atoms with van der Waals surface area (Å²) in [5, 5.41) is 10.3. The van der Waals surface area contributed by atoms with Gasteiger partial charge in [0.1, 0.15) is 12.4 Å². The number of aliphatic hydroxyl groups excluding tert-OH is 1. The fourth-order valence-electron chi connectivity index (χ4n) is 2.66. The van der Waals surface area contributed by atoms with Crippen LogP contribution in [0, 0.1) is 6.92 Å². The van der Waals surface area contributed by atoms with E-state index in [1.54, 1.807) is 13.4 Å². The van der Waals surface area contributed by atoms with Gasteiger partial charge >= 0.3 is 0 Å². The number of benzene rings is 1. The molecule has 0 aliphatic carbocycles. The Bertz CT molecular complexity index is 568. The molecule has 0 unspecified atom stereocenters. The van der Waals surface area contributed by atoms with Crippen LogP contribution in [0.5, 0.6) is 0 Å². The number of furan rings is 1. The molecule has 2 rings (SSSR count). The first-order valence-corrected chi connectivity index (χ1v) is 8.72. The van der Waals surface area contributed by atoms with Gasteiger partial charge in [-0.15, -0.1) is 0 Å². The third-order valence-electron chi connectivity index (χ3n) is 3.95. The summed E-state index contributed by atoms with van der Waals surface area (Å²) in [6.07, 6.45) is 2.01. The lowest BCUT2D eigenvalue weighted by Crippen LogP contribution is -2.35. The molecule has 5 heteroatoms. The lowest BCUT2D eigenvalue weighted by molar-refractivity contribution is 0.00281. The molecule has 0 saturated carbocycles. The van der Waals surface area contributed by atoms with Crippen LogP contribution in [0.3, 0.4) is 0 Å². The fourth-order valence-corrected chi connectivity index (χ4v) is 2.66. The Morgan fingerprint density at radius 2 is 2.00 bits per heavy atom. The second-order valence-corrected chi connectivity index (χ2v) is 6.32. The minimum atomic E-state index is -0.539. The zero-order valence-electron chi connectivity index (χ0n) is 15.2. The van der Waals surface area contributed by atoms with Gasteiger partial charge in [-0.1, -0.05) is 29.8 Å². The van der Waals surface area contributed by atoms with Crippen molar-refractivity contribution < 1.29 is 19.0 Å². The highest BCUT2D eigenvalue weighted by Crippen LogP contribution is 2.09. The van der Waals surface area contributed by atoms with Crippen LogP contribution in [0.1, 0.15) is 23.3 Å². The van der Waals surface area contributed by atoms with E-state index in [1.165, 1.54) is 11.1 Å². The van der Waals surface area contributed by atoms with Crippen molar-refractivity contribution in [1.29, 1.82) is 0 Å². The Kier molecular flexibility index (Phi) is 8.69. The van der Waals surface area contributed by atoms with Crippen molar-refractivity contribution >= 4 is 0 Å². The van der Waals surface area contributed by atoms with Gasteiger partial charge in [-0.2, -0.15) is 0 Å². The summed E-state index contributed by atoms with van der Waals surface area (Å²) in [5.74, 6) is 0.767. The number of ether oxygens (including phenoxy) is 2. The van der Waals surface area contributed by atoms with Gasteiger partial charge in [-0.25, -0.2) is 0 Å². The van der Waals surface area contributed by atoms with Crippen molar-refractivity contribution in [2.24, 2.45) is 0 Å². The van der Waals surface area contributed by atoms with Gasteiger partial charge < -0.3 is 19.0 Å². The number of methoxy groups -OCH3 is 1. The van der Waals surface area contributed by atoms with Crippen molar-refractivity contribution in [3.8, 4) is 0 Å². The van der Waals surface area contributed by atoms with Crippen LogP contribution >= 0.6 is 0 Å². The van der Waals surface area contributed by atoms with Crippen LogP contribution < -0.4 is 0 Å². The molecule has 0 saturated heterocycles. The minimum Gasteiger partial charge on any atom is -0.467 e. The molecule has 5 nitrogen and oxygen atoms in total. The average molecular weight is 347 g/mol. The Morgan fingerprint density at radius 1 is 1.20 bits per heavy atom. The molecule has 0 aliphatic rings. The maximum Gasteiger partial charge on any atom is 0.129 e. The smallest absolute Gasteiger partial charge is 0.129 e. The number of aliphatic hydroxyl groups is 1. The molecule has 2 aromatic rings. The summed E-state index contributed by atoms with van der Waals surface area (Å²) in [4.78, 5) is 2.24. The summed E-state index contributed by atoms with van der Waals surface area (Å²) in [7, 11) is 1.71. The quantitative estimate of drug-likeness (QED) is 0.598. The second-order valence-electron chi connectivity index (χ2n) is 6.32. The summed E-state index contributed by atoms with van der Waals surface area (Å²) in [5.41, 5.74) is 2.49. The van der Waals surface area contributed by atoms with Crippen LogP contribution in [0.25, 0.3) is 0 Å². The summed E-state index contributed by atoms with van der Waals surface area (Å²) in [6, 6.07) is 12.2. The van der Waals surface area contributed by atoms with E-state index in [0.717, 1.165) is 31.9 Å². The first-order valence-electron chi connectivity index (χ1n) is 8.72. The topological polar surface area (TPSA) is 55.1 Å². The van der Waals surface area contributed by atoms with E-state index < -0.39 is 6.10 Å². The maximum atomic E-state index is 10.3. The minimum absolute atomic E-state index is 0.287. The number of rotatable bonds is 12. The molecule has 0 aliphatic heterocycles. The zero-order chi connectivity index (χ0) is 17.9. The van der Waals surface area contributed by atoms with Crippen LogP contribution in [-0.4, -0.2) is 49.5 Å². The molecule has 1 atom stereocenters. The molecular formula is C20H29NO4. The molecule has 0 spiro atoms. The van der Waals surface area contributed by atoms with Gasteiger partial charge in [0.05, 0.1) is 19.0 Å². The molecular weight excluding hydrogens is 318 g/mol. The molecule has 1 heterocycles. The van der Waals surface area contributed by atoms with Gasteiger partial charge in [0.25, 0.3) is 0 Å². The fraction of sp³-hybridized carbons (Fsp3) is 0.500. The highest BCUT2D eigenvalue weighted by atomic mass is 16.5. The molecule has 0 fully saturated rings. The third kappa shape index (κ3) is 7.84. The summed E-state index contributed by atoms with van der Waals surface area (Å²) >= 11 is 0. The summed E-state index contributed by atoms with van der Waals surface area (Å²) in [6.45, 7) is 5.71. The normalized spacial score (nSPS) is 12.6. The Morgan fingerprint density at radius 3 is 2.68 bits per heavy atom. The van der Waals surface area contributed by atoms with E-state index in [2.05, 4.69) is 36.1 Å². The molecule has 0 bridgehead atoms. The first kappa shape index (κ1) is 19.7. The number of hydrogen-bond donors (Lipinski definition) is 1. The largest absolute Gasteiger partial charge is 0.467 e. The van der Waals surface area contributed by atoms with Crippen LogP contribution in [-0.2, 0) is 22.6 Å². The number of aryl methyl sites for hydroxylation is 1. The van der Waals surface area contributed by atoms with E-state index in [0.29, 0.717) is 13.2 Å². The molecule has 1 aromatic carbocycles. The molecule has 25 heavy (non-hydrogen) atoms. The van der Waals surface area contributed by atoms with E-state index in [1.807, 2.05) is 12.1 Å². The average Bonchev–Trinajstić information content (AvgIpc) is 3.10. The predicted octanol–water partition coefficient (Wildman–Crippen LogP) is 3.00. The van der Waals surface area contributed by atoms with Gasteiger partial charge in [0.15, 0.2) is 0 Å². The standard InChI is InChI=1S/C20H29NO4/c1-17-6-8-18(9-7-17)13-21(10-4-11-23-2)14-19(22)15-24-16-20-5-3-12-25-20/h3,5-9,12,19,22H,4,10-11,13-16H2,1-2H3/t19-/m1/s1. The zero-order valence-corrected chi connectivity index (χ0v) is 15.2. The van der Waals surface area contributed by atoms with E-state index in [-0.39, 0.29) is 6.61 Å². The first-order chi connectivity index (χ1) is 12.2. The highest BCUT2D eigenvalue weighted by Gasteiger charge is 2.13. The SMILES string of the molecule is COCCCN(Cc1ccc(C)cc1)C[C@@H](O)COCc1ccco1. The maximum absolute atomic E-state index is 10.3. The highest BCUT2D eigenvalue weighted by molar-refractivity contribution is 5.21.